The number of benzene rings is 4. The second-order valence-electron chi connectivity index (χ2n) is 6.85. The largest absolute Gasteiger partial charge is 0.454 e. The lowest BCUT2D eigenvalue weighted by Gasteiger charge is -2.08. The fourth-order valence-corrected chi connectivity index (χ4v) is 4.19. The van der Waals surface area contributed by atoms with E-state index in [9.17, 15) is 0 Å². The van der Waals surface area contributed by atoms with Crippen molar-refractivity contribution in [1.29, 1.82) is 0 Å². The van der Waals surface area contributed by atoms with Gasteiger partial charge in [-0.05, 0) is 18.2 Å². The molecule has 0 aliphatic carbocycles. The molecule has 2 nitrogen and oxygen atoms in total. The Balaban J connectivity index is 1.84. The first kappa shape index (κ1) is 14.7. The molecule has 6 aromatic rings. The number of fused-ring (bicyclic) bond motifs is 6. The minimum atomic E-state index is 0.664. The van der Waals surface area contributed by atoms with Crippen molar-refractivity contribution in [3.05, 3.63) is 84.9 Å². The van der Waals surface area contributed by atoms with E-state index in [0.29, 0.717) is 5.46 Å². The molecule has 3 heteroatoms. The second kappa shape index (κ2) is 5.27. The van der Waals surface area contributed by atoms with Crippen molar-refractivity contribution in [2.45, 2.75) is 0 Å². The van der Waals surface area contributed by atoms with Crippen LogP contribution in [0.1, 0.15) is 0 Å². The van der Waals surface area contributed by atoms with Gasteiger partial charge in [0.2, 0.25) is 0 Å². The molecule has 0 N–H and O–H groups in total. The van der Waals surface area contributed by atoms with Crippen LogP contribution >= 0.6 is 0 Å². The van der Waals surface area contributed by atoms with Gasteiger partial charge in [-0.15, -0.1) is 0 Å². The van der Waals surface area contributed by atoms with E-state index in [1.165, 1.54) is 21.8 Å². The van der Waals surface area contributed by atoms with Gasteiger partial charge in [0, 0.05) is 21.5 Å². The zero-order valence-electron chi connectivity index (χ0n) is 14.5. The molecule has 0 amide bonds. The first-order valence-corrected chi connectivity index (χ1v) is 9.01. The molecule has 2 heterocycles. The van der Waals surface area contributed by atoms with Gasteiger partial charge in [0.05, 0.1) is 16.7 Å². The Morgan fingerprint density at radius 2 is 1.11 bits per heavy atom. The van der Waals surface area contributed by atoms with Crippen molar-refractivity contribution in [1.82, 2.24) is 4.57 Å². The molecule has 0 saturated heterocycles. The molecular weight excluding hydrogens is 329 g/mol. The smallest absolute Gasteiger partial charge is 0.159 e. The molecule has 0 atom stereocenters. The maximum Gasteiger partial charge on any atom is 0.159 e. The third-order valence-electron chi connectivity index (χ3n) is 5.36. The van der Waals surface area contributed by atoms with Crippen molar-refractivity contribution < 1.29 is 4.42 Å². The summed E-state index contributed by atoms with van der Waals surface area (Å²) in [5.41, 5.74) is 5.63. The van der Waals surface area contributed by atoms with E-state index < -0.39 is 0 Å². The van der Waals surface area contributed by atoms with Gasteiger partial charge >= 0.3 is 0 Å². The number of rotatable bonds is 1. The number of nitrogens with zero attached hydrogens (tertiary/aromatic N) is 1. The average Bonchev–Trinajstić information content (AvgIpc) is 3.25. The molecule has 6 rings (SSSR count). The maximum atomic E-state index is 6.29. The highest BCUT2D eigenvalue weighted by atomic mass is 16.3. The van der Waals surface area contributed by atoms with E-state index in [-0.39, 0.29) is 0 Å². The third kappa shape index (κ3) is 1.91. The first-order chi connectivity index (χ1) is 13.3. The Labute approximate surface area is 157 Å². The van der Waals surface area contributed by atoms with Gasteiger partial charge in [0.25, 0.3) is 0 Å². The molecule has 0 aliphatic heterocycles. The van der Waals surface area contributed by atoms with Gasteiger partial charge in [-0.2, -0.15) is 0 Å². The minimum absolute atomic E-state index is 0.664. The Bertz CT molecular complexity index is 1440. The lowest BCUT2D eigenvalue weighted by atomic mass is 9.94. The van der Waals surface area contributed by atoms with Crippen LogP contribution in [-0.2, 0) is 0 Å². The summed E-state index contributed by atoms with van der Waals surface area (Å²) in [6, 6.07) is 29.2. The summed E-state index contributed by atoms with van der Waals surface area (Å²) in [6.07, 6.45) is 0. The topological polar surface area (TPSA) is 18.1 Å². The normalized spacial score (nSPS) is 11.9. The molecular formula is C24H14BNO. The monoisotopic (exact) mass is 343 g/mol. The number of hydrogen-bond donors (Lipinski definition) is 0. The molecule has 2 radical (unpaired) electrons. The van der Waals surface area contributed by atoms with Crippen LogP contribution in [-0.4, -0.2) is 12.4 Å². The molecule has 0 unspecified atom stereocenters. The summed E-state index contributed by atoms with van der Waals surface area (Å²) in [5, 5.41) is 4.60. The van der Waals surface area contributed by atoms with E-state index in [0.717, 1.165) is 27.6 Å². The van der Waals surface area contributed by atoms with E-state index in [2.05, 4.69) is 77.4 Å². The van der Waals surface area contributed by atoms with Crippen molar-refractivity contribution in [2.75, 3.05) is 0 Å². The molecule has 0 aliphatic rings. The predicted molar refractivity (Wildman–Crippen MR) is 113 cm³/mol. The summed E-state index contributed by atoms with van der Waals surface area (Å²) >= 11 is 0. The summed E-state index contributed by atoms with van der Waals surface area (Å²) in [4.78, 5) is 0. The van der Waals surface area contributed by atoms with Gasteiger partial charge in [0.1, 0.15) is 13.4 Å². The van der Waals surface area contributed by atoms with Crippen molar-refractivity contribution in [3.8, 4) is 5.69 Å². The van der Waals surface area contributed by atoms with Crippen molar-refractivity contribution in [3.63, 3.8) is 0 Å². The Morgan fingerprint density at radius 3 is 1.81 bits per heavy atom. The highest BCUT2D eigenvalue weighted by molar-refractivity contribution is 6.39. The number of aromatic nitrogens is 1. The highest BCUT2D eigenvalue weighted by Gasteiger charge is 2.17. The second-order valence-corrected chi connectivity index (χ2v) is 6.85. The summed E-state index contributed by atoms with van der Waals surface area (Å²) in [6.45, 7) is 0. The molecule has 2 aromatic heterocycles. The zero-order valence-corrected chi connectivity index (χ0v) is 14.5. The molecule has 0 bridgehead atoms. The zero-order chi connectivity index (χ0) is 18.0. The third-order valence-corrected chi connectivity index (χ3v) is 5.36. The quantitative estimate of drug-likeness (QED) is 0.362. The minimum Gasteiger partial charge on any atom is -0.454 e. The predicted octanol–water partition coefficient (Wildman–Crippen LogP) is 5.48. The molecule has 4 aromatic carbocycles. The fraction of sp³-hybridized carbons (Fsp3) is 0. The van der Waals surface area contributed by atoms with Crippen LogP contribution in [0.2, 0.25) is 0 Å². The number of furan rings is 1. The SMILES string of the molecule is [B]c1cccc2c1oc1c(-n3c4ccccc4c4ccccc43)cccc12. The van der Waals surface area contributed by atoms with Gasteiger partial charge in [-0.25, -0.2) is 0 Å². The van der Waals surface area contributed by atoms with Crippen LogP contribution in [0.25, 0.3) is 49.4 Å². The summed E-state index contributed by atoms with van der Waals surface area (Å²) < 4.78 is 8.57. The van der Waals surface area contributed by atoms with Crippen LogP contribution in [0.3, 0.4) is 0 Å². The van der Waals surface area contributed by atoms with E-state index in [1.54, 1.807) is 0 Å². The van der Waals surface area contributed by atoms with Gasteiger partial charge in [-0.1, -0.05) is 72.2 Å². The van der Waals surface area contributed by atoms with Crippen LogP contribution in [0.15, 0.2) is 89.3 Å². The Kier molecular flexibility index (Phi) is 2.87. The first-order valence-electron chi connectivity index (χ1n) is 9.01. The van der Waals surface area contributed by atoms with Crippen molar-refractivity contribution >= 4 is 57.1 Å². The van der Waals surface area contributed by atoms with Gasteiger partial charge in [-0.3, -0.25) is 0 Å². The molecule has 0 saturated carbocycles. The summed E-state index contributed by atoms with van der Waals surface area (Å²) in [7, 11) is 6.17. The van der Waals surface area contributed by atoms with Crippen molar-refractivity contribution in [2.24, 2.45) is 0 Å². The standard InChI is InChI=1S/C24H14BNO/c25-19-11-5-9-17-18-10-6-14-22(24(18)27-23(17)19)26-20-12-3-1-7-15(20)16-8-2-4-13-21(16)26/h1-14H. The highest BCUT2D eigenvalue weighted by Crippen LogP contribution is 2.37. The molecule has 27 heavy (non-hydrogen) atoms. The van der Waals surface area contributed by atoms with Crippen LogP contribution < -0.4 is 5.46 Å². The maximum absolute atomic E-state index is 6.29. The van der Waals surface area contributed by atoms with Crippen LogP contribution in [0.5, 0.6) is 0 Å². The van der Waals surface area contributed by atoms with Crippen LogP contribution in [0, 0.1) is 0 Å². The molecule has 0 spiro atoms. The lowest BCUT2D eigenvalue weighted by Crippen LogP contribution is -2.00. The number of hydrogen-bond acceptors (Lipinski definition) is 1. The van der Waals surface area contributed by atoms with E-state index in [1.807, 2.05) is 12.1 Å². The summed E-state index contributed by atoms with van der Waals surface area (Å²) in [5.74, 6) is 0. The van der Waals surface area contributed by atoms with Gasteiger partial charge in [0.15, 0.2) is 5.58 Å². The van der Waals surface area contributed by atoms with Gasteiger partial charge < -0.3 is 8.98 Å². The molecule has 124 valence electrons. The van der Waals surface area contributed by atoms with E-state index >= 15 is 0 Å². The number of para-hydroxylation sites is 4. The molecule has 0 fully saturated rings. The average molecular weight is 343 g/mol. The lowest BCUT2D eigenvalue weighted by molar-refractivity contribution is 0.669. The fourth-order valence-electron chi connectivity index (χ4n) is 4.19. The Hall–Kier alpha value is -3.46. The Morgan fingerprint density at radius 1 is 0.556 bits per heavy atom. The van der Waals surface area contributed by atoms with Crippen LogP contribution in [0.4, 0.5) is 0 Å². The van der Waals surface area contributed by atoms with E-state index in [4.69, 9.17) is 12.3 Å².